The highest BCUT2D eigenvalue weighted by Gasteiger charge is 2.11. The summed E-state index contributed by atoms with van der Waals surface area (Å²) in [5, 5.41) is 0.403. The fraction of sp³-hybridized carbons (Fsp3) is 0.182. The van der Waals surface area contributed by atoms with Gasteiger partial charge in [-0.2, -0.15) is 0 Å². The topological polar surface area (TPSA) is 59.1 Å². The van der Waals surface area contributed by atoms with Crippen molar-refractivity contribution < 1.29 is 8.42 Å². The molecule has 17 heavy (non-hydrogen) atoms. The molecule has 0 aliphatic heterocycles. The number of para-hydroxylation sites is 1. The monoisotopic (exact) mass is 270 g/mol. The maximum atomic E-state index is 11.4. The average Bonchev–Trinajstić information content (AvgIpc) is 2.30. The van der Waals surface area contributed by atoms with Crippen LogP contribution in [0.1, 0.15) is 5.69 Å². The van der Waals surface area contributed by atoms with Crippen LogP contribution in [0.15, 0.2) is 30.3 Å². The van der Waals surface area contributed by atoms with Gasteiger partial charge in [-0.15, -0.1) is 11.6 Å². The highest BCUT2D eigenvalue weighted by molar-refractivity contribution is 7.93. The van der Waals surface area contributed by atoms with Crippen molar-refractivity contribution >= 4 is 38.2 Å². The van der Waals surface area contributed by atoms with Crippen LogP contribution >= 0.6 is 11.6 Å². The molecule has 1 aromatic heterocycles. The minimum Gasteiger partial charge on any atom is -0.280 e. The zero-order valence-electron chi connectivity index (χ0n) is 9.14. The molecule has 0 saturated carbocycles. The maximum absolute atomic E-state index is 11.4. The summed E-state index contributed by atoms with van der Waals surface area (Å²) in [6.07, 6.45) is 0. The number of benzene rings is 1. The molecule has 0 fully saturated rings. The van der Waals surface area contributed by atoms with Crippen LogP contribution in [0.2, 0.25) is 0 Å². The first-order valence-electron chi connectivity index (χ1n) is 4.95. The Bertz CT molecular complexity index is 656. The van der Waals surface area contributed by atoms with E-state index in [9.17, 15) is 8.42 Å². The van der Waals surface area contributed by atoms with Crippen LogP contribution in [0.3, 0.4) is 0 Å². The summed E-state index contributed by atoms with van der Waals surface area (Å²) in [6.45, 7) is 1.85. The van der Waals surface area contributed by atoms with Gasteiger partial charge in [0.15, 0.2) is 0 Å². The molecule has 0 spiro atoms. The van der Waals surface area contributed by atoms with Crippen LogP contribution in [0.25, 0.3) is 10.9 Å². The number of hydrogen-bond acceptors (Lipinski definition) is 3. The number of anilines is 1. The highest BCUT2D eigenvalue weighted by atomic mass is 35.5. The van der Waals surface area contributed by atoms with Crippen LogP contribution in [-0.2, 0) is 10.0 Å². The Morgan fingerprint density at radius 3 is 2.76 bits per heavy atom. The summed E-state index contributed by atoms with van der Waals surface area (Å²) < 4.78 is 25.3. The predicted octanol–water partition coefficient (Wildman–Crippen LogP) is 2.48. The number of nitrogens with one attached hydrogen (secondary N) is 1. The second-order valence-corrected chi connectivity index (χ2v) is 5.96. The lowest BCUT2D eigenvalue weighted by atomic mass is 10.2. The third kappa shape index (κ3) is 2.68. The summed E-state index contributed by atoms with van der Waals surface area (Å²) in [7, 11) is -3.50. The second kappa shape index (κ2) is 4.50. The third-order valence-corrected chi connectivity index (χ3v) is 3.95. The Kier molecular flexibility index (Phi) is 3.22. The van der Waals surface area contributed by atoms with E-state index in [2.05, 4.69) is 9.71 Å². The first kappa shape index (κ1) is 12.1. The van der Waals surface area contributed by atoms with Gasteiger partial charge in [0, 0.05) is 11.1 Å². The van der Waals surface area contributed by atoms with Crippen molar-refractivity contribution in [3.63, 3.8) is 0 Å². The number of halogens is 1. The van der Waals surface area contributed by atoms with E-state index < -0.39 is 15.2 Å². The fourth-order valence-corrected chi connectivity index (χ4v) is 2.24. The summed E-state index contributed by atoms with van der Waals surface area (Å²) in [6, 6.07) is 9.09. The number of sulfonamides is 1. The van der Waals surface area contributed by atoms with Gasteiger partial charge >= 0.3 is 0 Å². The van der Waals surface area contributed by atoms with Gasteiger partial charge in [0.1, 0.15) is 5.21 Å². The predicted molar refractivity (Wildman–Crippen MR) is 69.7 cm³/mol. The molecule has 0 radical (unpaired) electrons. The molecular weight excluding hydrogens is 260 g/mol. The third-order valence-electron chi connectivity index (χ3n) is 2.27. The Morgan fingerprint density at radius 1 is 1.29 bits per heavy atom. The molecule has 2 rings (SSSR count). The van der Waals surface area contributed by atoms with Gasteiger partial charge in [0.25, 0.3) is 0 Å². The SMILES string of the molecule is Cc1ccc2cccc(NS(=O)(=O)CCl)c2n1. The normalized spacial score (nSPS) is 11.6. The molecule has 1 aromatic carbocycles. The van der Waals surface area contributed by atoms with Crippen molar-refractivity contribution in [2.75, 3.05) is 9.93 Å². The average molecular weight is 271 g/mol. The molecule has 0 aliphatic rings. The smallest absolute Gasteiger partial charge is 0.246 e. The molecule has 2 aromatic rings. The van der Waals surface area contributed by atoms with E-state index in [-0.39, 0.29) is 0 Å². The summed E-state index contributed by atoms with van der Waals surface area (Å²) >= 11 is 5.35. The largest absolute Gasteiger partial charge is 0.280 e. The molecule has 0 aliphatic carbocycles. The summed E-state index contributed by atoms with van der Waals surface area (Å²) in [4.78, 5) is 4.32. The number of rotatable bonds is 3. The van der Waals surface area contributed by atoms with Crippen molar-refractivity contribution in [1.29, 1.82) is 0 Å². The number of hydrogen-bond donors (Lipinski definition) is 1. The second-order valence-electron chi connectivity index (χ2n) is 3.66. The Labute approximate surface area is 105 Å². The van der Waals surface area contributed by atoms with Crippen molar-refractivity contribution in [3.05, 3.63) is 36.0 Å². The number of pyridine rings is 1. The molecule has 4 nitrogen and oxygen atoms in total. The lowest BCUT2D eigenvalue weighted by molar-refractivity contribution is 0.605. The van der Waals surface area contributed by atoms with E-state index >= 15 is 0 Å². The van der Waals surface area contributed by atoms with E-state index in [0.29, 0.717) is 11.2 Å². The Morgan fingerprint density at radius 2 is 2.06 bits per heavy atom. The molecule has 90 valence electrons. The fourth-order valence-electron chi connectivity index (χ4n) is 1.52. The summed E-state index contributed by atoms with van der Waals surface area (Å²) in [5.74, 6) is 0. The van der Waals surface area contributed by atoms with Crippen LogP contribution in [-0.4, -0.2) is 18.6 Å². The molecule has 1 N–H and O–H groups in total. The Hall–Kier alpha value is -1.33. The van der Waals surface area contributed by atoms with Gasteiger partial charge in [0.05, 0.1) is 11.2 Å². The highest BCUT2D eigenvalue weighted by Crippen LogP contribution is 2.22. The molecule has 0 atom stereocenters. The zero-order chi connectivity index (χ0) is 12.5. The van der Waals surface area contributed by atoms with Gasteiger partial charge < -0.3 is 0 Å². The molecule has 0 amide bonds. The van der Waals surface area contributed by atoms with E-state index in [0.717, 1.165) is 11.1 Å². The van der Waals surface area contributed by atoms with Crippen molar-refractivity contribution in [2.45, 2.75) is 6.92 Å². The van der Waals surface area contributed by atoms with Crippen molar-refractivity contribution in [3.8, 4) is 0 Å². The number of alkyl halides is 1. The number of nitrogens with zero attached hydrogens (tertiary/aromatic N) is 1. The molecule has 6 heteroatoms. The van der Waals surface area contributed by atoms with Crippen LogP contribution in [0.4, 0.5) is 5.69 Å². The zero-order valence-corrected chi connectivity index (χ0v) is 10.7. The molecule has 0 saturated heterocycles. The molecular formula is C11H11ClN2O2S. The maximum Gasteiger partial charge on any atom is 0.246 e. The van der Waals surface area contributed by atoms with Gasteiger partial charge in [0.2, 0.25) is 10.0 Å². The van der Waals surface area contributed by atoms with Crippen LogP contribution in [0.5, 0.6) is 0 Å². The minimum atomic E-state index is -3.50. The standard InChI is InChI=1S/C11H11ClN2O2S/c1-8-5-6-9-3-2-4-10(11(9)13-8)14-17(15,16)7-12/h2-6,14H,7H2,1H3. The first-order chi connectivity index (χ1) is 8.02. The lowest BCUT2D eigenvalue weighted by Crippen LogP contribution is -2.13. The van der Waals surface area contributed by atoms with E-state index in [1.54, 1.807) is 12.1 Å². The van der Waals surface area contributed by atoms with Gasteiger partial charge in [-0.05, 0) is 19.1 Å². The Balaban J connectivity index is 2.58. The lowest BCUT2D eigenvalue weighted by Gasteiger charge is -2.08. The number of aromatic nitrogens is 1. The van der Waals surface area contributed by atoms with E-state index in [1.807, 2.05) is 25.1 Å². The minimum absolute atomic E-state index is 0.451. The number of fused-ring (bicyclic) bond motifs is 1. The quantitative estimate of drug-likeness (QED) is 0.872. The van der Waals surface area contributed by atoms with Crippen molar-refractivity contribution in [2.24, 2.45) is 0 Å². The first-order valence-corrected chi connectivity index (χ1v) is 7.13. The molecule has 0 bridgehead atoms. The molecule has 1 heterocycles. The van der Waals surface area contributed by atoms with E-state index in [1.165, 1.54) is 0 Å². The van der Waals surface area contributed by atoms with Crippen LogP contribution in [0, 0.1) is 6.92 Å². The number of aryl methyl sites for hydroxylation is 1. The van der Waals surface area contributed by atoms with Gasteiger partial charge in [-0.1, -0.05) is 18.2 Å². The van der Waals surface area contributed by atoms with Crippen molar-refractivity contribution in [1.82, 2.24) is 4.98 Å². The van der Waals surface area contributed by atoms with Gasteiger partial charge in [-0.3, -0.25) is 9.71 Å². The van der Waals surface area contributed by atoms with Gasteiger partial charge in [-0.25, -0.2) is 8.42 Å². The van der Waals surface area contributed by atoms with Crippen LogP contribution < -0.4 is 4.72 Å². The van der Waals surface area contributed by atoms with E-state index in [4.69, 9.17) is 11.6 Å². The molecule has 0 unspecified atom stereocenters. The summed E-state index contributed by atoms with van der Waals surface area (Å²) in [5.41, 5.74) is 1.91.